The molecular weight excluding hydrogens is 344 g/mol. The SMILES string of the molecule is C=CC(=O)N1CC(CNc2nc(Nc3cnn(C)c3)nc3ccn(C)c23)C1. The van der Waals surface area contributed by atoms with Gasteiger partial charge in [0, 0.05) is 52.0 Å². The minimum Gasteiger partial charge on any atom is -0.368 e. The molecule has 4 rings (SSSR count). The summed E-state index contributed by atoms with van der Waals surface area (Å²) >= 11 is 0. The summed E-state index contributed by atoms with van der Waals surface area (Å²) in [6, 6.07) is 1.96. The van der Waals surface area contributed by atoms with E-state index in [1.165, 1.54) is 6.08 Å². The van der Waals surface area contributed by atoms with Crippen molar-refractivity contribution >= 4 is 34.4 Å². The zero-order valence-electron chi connectivity index (χ0n) is 15.4. The van der Waals surface area contributed by atoms with Gasteiger partial charge in [0.15, 0.2) is 5.82 Å². The van der Waals surface area contributed by atoms with Crippen LogP contribution in [0.15, 0.2) is 37.3 Å². The molecule has 140 valence electrons. The number of hydrogen-bond acceptors (Lipinski definition) is 6. The molecular formula is C18H22N8O. The first-order valence-electron chi connectivity index (χ1n) is 8.77. The lowest BCUT2D eigenvalue weighted by Gasteiger charge is -2.38. The standard InChI is InChI=1S/C18H22N8O/c1-4-15(27)26-9-12(10-26)7-19-17-16-14(5-6-24(16)2)22-18(23-17)21-13-8-20-25(3)11-13/h4-6,8,11-12H,1,7,9-10H2,2-3H3,(H2,19,21,22,23). The third-order valence-electron chi connectivity index (χ3n) is 4.68. The maximum Gasteiger partial charge on any atom is 0.245 e. The van der Waals surface area contributed by atoms with Crippen LogP contribution in [0.1, 0.15) is 0 Å². The molecule has 0 radical (unpaired) electrons. The number of fused-ring (bicyclic) bond motifs is 1. The number of aromatic nitrogens is 5. The number of rotatable bonds is 6. The highest BCUT2D eigenvalue weighted by molar-refractivity contribution is 5.88. The van der Waals surface area contributed by atoms with E-state index in [1.807, 2.05) is 37.1 Å². The molecule has 4 heterocycles. The molecule has 1 aliphatic rings. The second kappa shape index (κ2) is 6.75. The molecule has 2 N–H and O–H groups in total. The van der Waals surface area contributed by atoms with Gasteiger partial charge >= 0.3 is 0 Å². The van der Waals surface area contributed by atoms with Gasteiger partial charge in [-0.1, -0.05) is 6.58 Å². The number of aryl methyl sites for hydroxylation is 2. The summed E-state index contributed by atoms with van der Waals surface area (Å²) in [7, 11) is 3.83. The lowest BCUT2D eigenvalue weighted by Crippen LogP contribution is -2.51. The smallest absolute Gasteiger partial charge is 0.245 e. The Kier molecular flexibility index (Phi) is 4.27. The van der Waals surface area contributed by atoms with E-state index in [4.69, 9.17) is 0 Å². The van der Waals surface area contributed by atoms with E-state index in [1.54, 1.807) is 15.8 Å². The fraction of sp³-hybridized carbons (Fsp3) is 0.333. The van der Waals surface area contributed by atoms with Gasteiger partial charge in [-0.3, -0.25) is 9.48 Å². The highest BCUT2D eigenvalue weighted by Gasteiger charge is 2.29. The molecule has 9 nitrogen and oxygen atoms in total. The summed E-state index contributed by atoms with van der Waals surface area (Å²) in [6.07, 6.45) is 6.92. The van der Waals surface area contributed by atoms with Gasteiger partial charge < -0.3 is 20.1 Å². The zero-order chi connectivity index (χ0) is 19.0. The number of hydrogen-bond donors (Lipinski definition) is 2. The van der Waals surface area contributed by atoms with Gasteiger partial charge in [0.1, 0.15) is 5.52 Å². The van der Waals surface area contributed by atoms with Gasteiger partial charge in [-0.05, 0) is 12.1 Å². The molecule has 3 aromatic rings. The van der Waals surface area contributed by atoms with Crippen molar-refractivity contribution in [2.24, 2.45) is 20.0 Å². The number of carbonyl (C=O) groups is 1. The minimum absolute atomic E-state index is 0.0129. The van der Waals surface area contributed by atoms with Crippen molar-refractivity contribution in [1.29, 1.82) is 0 Å². The van der Waals surface area contributed by atoms with E-state index in [0.29, 0.717) is 11.9 Å². The van der Waals surface area contributed by atoms with E-state index in [-0.39, 0.29) is 5.91 Å². The van der Waals surface area contributed by atoms with E-state index in [9.17, 15) is 4.79 Å². The quantitative estimate of drug-likeness (QED) is 0.642. The van der Waals surface area contributed by atoms with Crippen molar-refractivity contribution in [2.75, 3.05) is 30.3 Å². The molecule has 27 heavy (non-hydrogen) atoms. The maximum atomic E-state index is 11.6. The zero-order valence-corrected chi connectivity index (χ0v) is 15.4. The van der Waals surface area contributed by atoms with E-state index in [0.717, 1.165) is 42.2 Å². The van der Waals surface area contributed by atoms with Gasteiger partial charge in [-0.25, -0.2) is 4.98 Å². The Bertz CT molecular complexity index is 998. The third-order valence-corrected chi connectivity index (χ3v) is 4.68. The predicted octanol–water partition coefficient (Wildman–Crippen LogP) is 1.50. The summed E-state index contributed by atoms with van der Waals surface area (Å²) in [5, 5.41) is 10.8. The molecule has 0 atom stereocenters. The first-order valence-corrected chi connectivity index (χ1v) is 8.77. The van der Waals surface area contributed by atoms with Crippen LogP contribution in [0.25, 0.3) is 11.0 Å². The maximum absolute atomic E-state index is 11.6. The normalized spacial score (nSPS) is 14.2. The molecule has 1 amide bonds. The average molecular weight is 366 g/mol. The number of carbonyl (C=O) groups excluding carboxylic acids is 1. The van der Waals surface area contributed by atoms with Crippen molar-refractivity contribution in [2.45, 2.75) is 0 Å². The molecule has 1 aliphatic heterocycles. The van der Waals surface area contributed by atoms with Crippen LogP contribution < -0.4 is 10.6 Å². The van der Waals surface area contributed by atoms with Gasteiger partial charge in [-0.15, -0.1) is 0 Å². The summed E-state index contributed by atoms with van der Waals surface area (Å²) in [6.45, 7) is 5.74. The number of nitrogens with one attached hydrogen (secondary N) is 2. The molecule has 0 bridgehead atoms. The van der Waals surface area contributed by atoms with Gasteiger partial charge in [0.05, 0.1) is 17.4 Å². The van der Waals surface area contributed by atoms with Gasteiger partial charge in [-0.2, -0.15) is 10.1 Å². The molecule has 1 saturated heterocycles. The first-order chi connectivity index (χ1) is 13.0. The topological polar surface area (TPSA) is 92.9 Å². The highest BCUT2D eigenvalue weighted by Crippen LogP contribution is 2.25. The Morgan fingerprint density at radius 3 is 2.89 bits per heavy atom. The van der Waals surface area contributed by atoms with E-state index in [2.05, 4.69) is 32.3 Å². The average Bonchev–Trinajstić information content (AvgIpc) is 3.19. The van der Waals surface area contributed by atoms with Crippen molar-refractivity contribution in [3.05, 3.63) is 37.3 Å². The Morgan fingerprint density at radius 1 is 1.37 bits per heavy atom. The lowest BCUT2D eigenvalue weighted by molar-refractivity contribution is -0.131. The molecule has 0 aliphatic carbocycles. The molecule has 0 saturated carbocycles. The fourth-order valence-corrected chi connectivity index (χ4v) is 3.24. The van der Waals surface area contributed by atoms with Crippen LogP contribution >= 0.6 is 0 Å². The monoisotopic (exact) mass is 366 g/mol. The van der Waals surface area contributed by atoms with Gasteiger partial charge in [0.25, 0.3) is 0 Å². The number of likely N-dealkylation sites (tertiary alicyclic amines) is 1. The van der Waals surface area contributed by atoms with Crippen molar-refractivity contribution in [3.8, 4) is 0 Å². The van der Waals surface area contributed by atoms with E-state index >= 15 is 0 Å². The largest absolute Gasteiger partial charge is 0.368 e. The molecule has 0 unspecified atom stereocenters. The van der Waals surface area contributed by atoms with Crippen LogP contribution in [0.4, 0.5) is 17.5 Å². The molecule has 3 aromatic heterocycles. The molecule has 0 spiro atoms. The molecule has 1 fully saturated rings. The Balaban J connectivity index is 1.51. The lowest BCUT2D eigenvalue weighted by atomic mass is 10.00. The summed E-state index contributed by atoms with van der Waals surface area (Å²) < 4.78 is 3.72. The summed E-state index contributed by atoms with van der Waals surface area (Å²) in [5.74, 6) is 1.67. The second-order valence-electron chi connectivity index (χ2n) is 6.78. The van der Waals surface area contributed by atoms with Gasteiger partial charge in [0.2, 0.25) is 11.9 Å². The summed E-state index contributed by atoms with van der Waals surface area (Å²) in [4.78, 5) is 22.6. The Hall–Kier alpha value is -3.36. The fourth-order valence-electron chi connectivity index (χ4n) is 3.24. The van der Waals surface area contributed by atoms with Crippen molar-refractivity contribution in [3.63, 3.8) is 0 Å². The third kappa shape index (κ3) is 3.35. The minimum atomic E-state index is -0.0129. The second-order valence-corrected chi connectivity index (χ2v) is 6.78. The first kappa shape index (κ1) is 17.1. The van der Waals surface area contributed by atoms with Crippen LogP contribution in [0.5, 0.6) is 0 Å². The van der Waals surface area contributed by atoms with Crippen LogP contribution in [0.2, 0.25) is 0 Å². The van der Waals surface area contributed by atoms with Crippen LogP contribution in [0.3, 0.4) is 0 Å². The highest BCUT2D eigenvalue weighted by atomic mass is 16.2. The van der Waals surface area contributed by atoms with Crippen LogP contribution in [-0.2, 0) is 18.9 Å². The number of nitrogens with zero attached hydrogens (tertiary/aromatic N) is 6. The summed E-state index contributed by atoms with van der Waals surface area (Å²) in [5.41, 5.74) is 2.64. The molecule has 9 heteroatoms. The number of amides is 1. The van der Waals surface area contributed by atoms with Crippen molar-refractivity contribution < 1.29 is 4.79 Å². The van der Waals surface area contributed by atoms with Crippen molar-refractivity contribution in [1.82, 2.24) is 29.2 Å². The Morgan fingerprint density at radius 2 is 2.19 bits per heavy atom. The predicted molar refractivity (Wildman–Crippen MR) is 104 cm³/mol. The molecule has 0 aromatic carbocycles. The van der Waals surface area contributed by atoms with E-state index < -0.39 is 0 Å². The van der Waals surface area contributed by atoms with Crippen LogP contribution in [-0.4, -0.2) is 54.8 Å². The Labute approximate surface area is 156 Å². The van der Waals surface area contributed by atoms with Crippen LogP contribution in [0, 0.1) is 5.92 Å². The number of anilines is 3.